The Balaban J connectivity index is 1.72. The van der Waals surface area contributed by atoms with Crippen LogP contribution >= 0.6 is 27.7 Å². The van der Waals surface area contributed by atoms with E-state index in [0.29, 0.717) is 19.4 Å². The summed E-state index contributed by atoms with van der Waals surface area (Å²) >= 11 is 5.11. The quantitative estimate of drug-likeness (QED) is 0.614. The van der Waals surface area contributed by atoms with Crippen molar-refractivity contribution < 1.29 is 14.7 Å². The smallest absolute Gasteiger partial charge is 0.326 e. The second kappa shape index (κ2) is 7.84. The zero-order valence-electron chi connectivity index (χ0n) is 11.6. The van der Waals surface area contributed by atoms with E-state index in [0.717, 1.165) is 23.1 Å². The van der Waals surface area contributed by atoms with E-state index in [1.807, 2.05) is 24.3 Å². The monoisotopic (exact) mass is 371 g/mol. The van der Waals surface area contributed by atoms with Crippen LogP contribution in [-0.4, -0.2) is 40.2 Å². The highest BCUT2D eigenvalue weighted by molar-refractivity contribution is 9.10. The van der Waals surface area contributed by atoms with Crippen molar-refractivity contribution in [2.24, 2.45) is 0 Å². The molecule has 1 aromatic carbocycles. The van der Waals surface area contributed by atoms with Crippen molar-refractivity contribution in [1.82, 2.24) is 4.90 Å². The second-order valence-electron chi connectivity index (χ2n) is 4.99. The lowest BCUT2D eigenvalue weighted by Crippen LogP contribution is -2.40. The molecule has 0 aromatic heterocycles. The first-order valence-corrected chi connectivity index (χ1v) is 8.76. The molecule has 1 atom stereocenters. The summed E-state index contributed by atoms with van der Waals surface area (Å²) in [7, 11) is 0. The summed E-state index contributed by atoms with van der Waals surface area (Å²) < 4.78 is 1.05. The van der Waals surface area contributed by atoms with Crippen molar-refractivity contribution in [3.8, 4) is 0 Å². The summed E-state index contributed by atoms with van der Waals surface area (Å²) in [5.41, 5.74) is 0. The Morgan fingerprint density at radius 1 is 1.33 bits per heavy atom. The molecule has 1 N–H and O–H groups in total. The van der Waals surface area contributed by atoms with Crippen LogP contribution in [0.1, 0.15) is 25.7 Å². The summed E-state index contributed by atoms with van der Waals surface area (Å²) in [6, 6.07) is 7.45. The van der Waals surface area contributed by atoms with Gasteiger partial charge in [0.2, 0.25) is 5.91 Å². The number of benzene rings is 1. The normalized spacial score (nSPS) is 18.0. The number of rotatable bonds is 6. The number of nitrogens with zero attached hydrogens (tertiary/aromatic N) is 1. The minimum Gasteiger partial charge on any atom is -0.480 e. The van der Waals surface area contributed by atoms with Crippen LogP contribution in [0.2, 0.25) is 0 Å². The lowest BCUT2D eigenvalue weighted by Gasteiger charge is -2.21. The fourth-order valence-electron chi connectivity index (χ4n) is 2.41. The molecule has 1 aliphatic heterocycles. The predicted molar refractivity (Wildman–Crippen MR) is 86.5 cm³/mol. The predicted octanol–water partition coefficient (Wildman–Crippen LogP) is 3.40. The third-order valence-electron chi connectivity index (χ3n) is 3.48. The van der Waals surface area contributed by atoms with E-state index in [-0.39, 0.29) is 5.91 Å². The van der Waals surface area contributed by atoms with E-state index in [4.69, 9.17) is 5.11 Å². The van der Waals surface area contributed by atoms with Gasteiger partial charge >= 0.3 is 5.97 Å². The molecule has 0 saturated carbocycles. The third-order valence-corrected chi connectivity index (χ3v) is 5.10. The molecule has 0 unspecified atom stereocenters. The van der Waals surface area contributed by atoms with E-state index in [2.05, 4.69) is 15.9 Å². The highest BCUT2D eigenvalue weighted by Crippen LogP contribution is 2.23. The van der Waals surface area contributed by atoms with Crippen molar-refractivity contribution in [1.29, 1.82) is 0 Å². The van der Waals surface area contributed by atoms with E-state index < -0.39 is 12.0 Å². The number of likely N-dealkylation sites (tertiary alicyclic amines) is 1. The number of thioether (sulfide) groups is 1. The number of carbonyl (C=O) groups is 2. The molecular formula is C15H18BrNO3S. The van der Waals surface area contributed by atoms with Crippen LogP contribution in [0, 0.1) is 0 Å². The van der Waals surface area contributed by atoms with Gasteiger partial charge in [0.25, 0.3) is 0 Å². The van der Waals surface area contributed by atoms with Gasteiger partial charge in [-0.15, -0.1) is 11.8 Å². The molecular weight excluding hydrogens is 354 g/mol. The molecule has 21 heavy (non-hydrogen) atoms. The number of amides is 1. The first kappa shape index (κ1) is 16.4. The molecule has 6 heteroatoms. The van der Waals surface area contributed by atoms with Crippen LogP contribution in [0.15, 0.2) is 33.6 Å². The van der Waals surface area contributed by atoms with E-state index in [1.165, 1.54) is 9.80 Å². The highest BCUT2D eigenvalue weighted by atomic mass is 79.9. The summed E-state index contributed by atoms with van der Waals surface area (Å²) in [5.74, 6) is -0.0553. The molecule has 1 aromatic rings. The van der Waals surface area contributed by atoms with Crippen molar-refractivity contribution >= 4 is 39.6 Å². The van der Waals surface area contributed by atoms with Gasteiger partial charge in [0, 0.05) is 22.3 Å². The number of carbonyl (C=O) groups excluding carboxylic acids is 1. The minimum absolute atomic E-state index is 0.0312. The van der Waals surface area contributed by atoms with Gasteiger partial charge in [0.15, 0.2) is 0 Å². The molecule has 1 fully saturated rings. The van der Waals surface area contributed by atoms with Crippen molar-refractivity contribution in [3.05, 3.63) is 28.7 Å². The van der Waals surface area contributed by atoms with Gasteiger partial charge in [-0.3, -0.25) is 4.79 Å². The van der Waals surface area contributed by atoms with Gasteiger partial charge in [0.1, 0.15) is 6.04 Å². The molecule has 2 rings (SSSR count). The third kappa shape index (κ3) is 4.74. The fourth-order valence-corrected chi connectivity index (χ4v) is 3.53. The number of carboxylic acids is 1. The average Bonchev–Trinajstić information content (AvgIpc) is 2.95. The molecule has 1 saturated heterocycles. The number of hydrogen-bond donors (Lipinski definition) is 1. The van der Waals surface area contributed by atoms with Gasteiger partial charge in [-0.25, -0.2) is 4.79 Å². The molecule has 1 amide bonds. The summed E-state index contributed by atoms with van der Waals surface area (Å²) in [6.07, 6.45) is 2.56. The van der Waals surface area contributed by atoms with E-state index in [9.17, 15) is 9.59 Å². The number of carboxylic acid groups (broad SMARTS) is 1. The Kier molecular flexibility index (Phi) is 6.11. The Bertz CT molecular complexity index is 506. The number of hydrogen-bond acceptors (Lipinski definition) is 3. The molecule has 0 aliphatic carbocycles. The van der Waals surface area contributed by atoms with Crippen LogP contribution < -0.4 is 0 Å². The van der Waals surface area contributed by atoms with E-state index >= 15 is 0 Å². The summed E-state index contributed by atoms with van der Waals surface area (Å²) in [4.78, 5) is 25.8. The first-order chi connectivity index (χ1) is 10.1. The topological polar surface area (TPSA) is 57.6 Å². The average molecular weight is 372 g/mol. The molecule has 0 radical (unpaired) electrons. The summed E-state index contributed by atoms with van der Waals surface area (Å²) in [6.45, 7) is 0.579. The van der Waals surface area contributed by atoms with Crippen LogP contribution in [-0.2, 0) is 9.59 Å². The van der Waals surface area contributed by atoms with Crippen molar-refractivity contribution in [2.75, 3.05) is 12.3 Å². The van der Waals surface area contributed by atoms with Crippen LogP contribution in [0.3, 0.4) is 0 Å². The second-order valence-corrected chi connectivity index (χ2v) is 7.07. The number of halogens is 1. The maximum absolute atomic E-state index is 12.1. The Hall–Kier alpha value is -1.01. The van der Waals surface area contributed by atoms with Gasteiger partial charge in [-0.1, -0.05) is 15.9 Å². The van der Waals surface area contributed by atoms with Crippen LogP contribution in [0.5, 0.6) is 0 Å². The van der Waals surface area contributed by atoms with Crippen LogP contribution in [0.4, 0.5) is 0 Å². The molecule has 0 bridgehead atoms. The molecule has 1 aliphatic rings. The van der Waals surface area contributed by atoms with Crippen molar-refractivity contribution in [2.45, 2.75) is 36.6 Å². The van der Waals surface area contributed by atoms with Gasteiger partial charge in [-0.05, 0) is 49.3 Å². The molecule has 1 heterocycles. The van der Waals surface area contributed by atoms with E-state index in [1.54, 1.807) is 11.8 Å². The molecule has 114 valence electrons. The largest absolute Gasteiger partial charge is 0.480 e. The summed E-state index contributed by atoms with van der Waals surface area (Å²) in [5, 5.41) is 9.07. The van der Waals surface area contributed by atoms with Gasteiger partial charge in [-0.2, -0.15) is 0 Å². The van der Waals surface area contributed by atoms with Crippen LogP contribution in [0.25, 0.3) is 0 Å². The first-order valence-electron chi connectivity index (χ1n) is 6.98. The standard InChI is InChI=1S/C15H18BrNO3S/c16-11-5-7-12(8-6-11)21-10-2-4-14(18)17-9-1-3-13(17)15(19)20/h5-8,13H,1-4,9-10H2,(H,19,20)/t13-/m0/s1. The molecule has 0 spiro atoms. The number of aliphatic carboxylic acids is 1. The van der Waals surface area contributed by atoms with Crippen molar-refractivity contribution in [3.63, 3.8) is 0 Å². The Labute approximate surface area is 137 Å². The Morgan fingerprint density at radius 3 is 2.71 bits per heavy atom. The zero-order valence-corrected chi connectivity index (χ0v) is 14.0. The zero-order chi connectivity index (χ0) is 15.2. The maximum atomic E-state index is 12.1. The molecule has 4 nitrogen and oxygen atoms in total. The lowest BCUT2D eigenvalue weighted by molar-refractivity contribution is -0.148. The fraction of sp³-hybridized carbons (Fsp3) is 0.467. The maximum Gasteiger partial charge on any atom is 0.326 e. The highest BCUT2D eigenvalue weighted by Gasteiger charge is 2.33. The Morgan fingerprint density at radius 2 is 2.05 bits per heavy atom. The van der Waals surface area contributed by atoms with Gasteiger partial charge < -0.3 is 10.0 Å². The lowest BCUT2D eigenvalue weighted by atomic mass is 10.2. The van der Waals surface area contributed by atoms with Gasteiger partial charge in [0.05, 0.1) is 0 Å². The minimum atomic E-state index is -0.884. The SMILES string of the molecule is O=C(O)[C@@H]1CCCN1C(=O)CCCSc1ccc(Br)cc1.